The van der Waals surface area contributed by atoms with Gasteiger partial charge in [0, 0.05) is 60.9 Å². The van der Waals surface area contributed by atoms with Crippen LogP contribution in [0, 0.1) is 59.0 Å². The van der Waals surface area contributed by atoms with E-state index in [1.807, 2.05) is 113 Å². The summed E-state index contributed by atoms with van der Waals surface area (Å²) in [6, 6.07) is 36.2. The second-order valence-electron chi connectivity index (χ2n) is 24.2. The standard InChI is InChI=1S/2C25H23F2N5.C25H22FN5/c2*1-17-14-19(4-10-22(17)31-15-18(2)28-16-31)5-11-23-29-24-25(27,12-3-13-32(24)30-23)20-6-8-21(26)9-7-20;1-17-14-19(5-11-23(17)30-15-18(2)27-16-30)6-12-24-28-25-22(4-3-13-31(25)29-24)20-7-9-21(26)10-8-20/h2*4-11,14-16H,3,12-13H2,1-2H3;4-12,14-16H,3,13H2,1-2H3/b2*11-5+;12-6+/t2*25-;/m10./s1. The minimum Gasteiger partial charge on any atom is -0.306 e. The van der Waals surface area contributed by atoms with Crippen LogP contribution < -0.4 is 0 Å². The van der Waals surface area contributed by atoms with Gasteiger partial charge in [-0.3, -0.25) is 0 Å². The summed E-state index contributed by atoms with van der Waals surface area (Å²) in [6.07, 6.45) is 27.7. The zero-order chi connectivity index (χ0) is 66.0. The molecule has 0 unspecified atom stereocenters. The third kappa shape index (κ3) is 13.6. The smallest absolute Gasteiger partial charge is 0.194 e. The zero-order valence-electron chi connectivity index (χ0n) is 53.4. The highest BCUT2D eigenvalue weighted by atomic mass is 19.2. The first-order valence-electron chi connectivity index (χ1n) is 31.5. The highest BCUT2D eigenvalue weighted by Gasteiger charge is 2.43. The van der Waals surface area contributed by atoms with Gasteiger partial charge >= 0.3 is 0 Å². The molecule has 0 aliphatic carbocycles. The summed E-state index contributed by atoms with van der Waals surface area (Å²) in [5.41, 5.74) is 11.9. The molecule has 6 aromatic carbocycles. The Hall–Kier alpha value is -11.0. The topological polar surface area (TPSA) is 146 Å². The number of hydrogen-bond donors (Lipinski definition) is 0. The fourth-order valence-electron chi connectivity index (χ4n) is 12.4. The van der Waals surface area contributed by atoms with Crippen molar-refractivity contribution in [1.82, 2.24) is 72.9 Å². The fraction of sp³-hybridized carbons (Fsp3) is 0.213. The van der Waals surface area contributed by atoms with Crippen molar-refractivity contribution in [2.75, 3.05) is 0 Å². The van der Waals surface area contributed by atoms with Crippen molar-refractivity contribution >= 4 is 42.0 Å². The van der Waals surface area contributed by atoms with Crippen LogP contribution in [0.4, 0.5) is 22.0 Å². The maximum atomic E-state index is 16.0. The first-order valence-corrected chi connectivity index (χ1v) is 31.5. The maximum absolute atomic E-state index is 16.0. The highest BCUT2D eigenvalue weighted by Crippen LogP contribution is 2.42. The van der Waals surface area contributed by atoms with Gasteiger partial charge in [0.15, 0.2) is 46.3 Å². The van der Waals surface area contributed by atoms with Crippen LogP contribution >= 0.6 is 0 Å². The highest BCUT2D eigenvalue weighted by molar-refractivity contribution is 5.78. The molecule has 0 N–H and O–H groups in total. The van der Waals surface area contributed by atoms with Gasteiger partial charge in [0.05, 0.1) is 36.1 Å². The molecule has 0 saturated heterocycles. The van der Waals surface area contributed by atoms with E-state index in [0.29, 0.717) is 67.4 Å². The van der Waals surface area contributed by atoms with E-state index in [0.717, 1.165) is 97.5 Å². The average Bonchev–Trinajstić information content (AvgIpc) is 1.73. The van der Waals surface area contributed by atoms with E-state index in [-0.39, 0.29) is 29.1 Å². The Bertz CT molecular complexity index is 4680. The number of alkyl halides is 2. The lowest BCUT2D eigenvalue weighted by Crippen LogP contribution is -2.31. The molecule has 0 radical (unpaired) electrons. The third-order valence-corrected chi connectivity index (χ3v) is 17.2. The molecule has 2 atom stereocenters. The van der Waals surface area contributed by atoms with Crippen molar-refractivity contribution in [3.8, 4) is 17.1 Å². The first kappa shape index (κ1) is 62.8. The number of rotatable bonds is 12. The summed E-state index contributed by atoms with van der Waals surface area (Å²) in [6.45, 7) is 14.1. The van der Waals surface area contributed by atoms with Gasteiger partial charge in [-0.2, -0.15) is 15.3 Å². The van der Waals surface area contributed by atoms with Crippen molar-refractivity contribution in [1.29, 1.82) is 0 Å². The number of halogens is 5. The molecule has 3 aliphatic rings. The number of aryl methyl sites for hydroxylation is 9. The Balaban J connectivity index is 0.000000129. The normalized spacial score (nSPS) is 16.7. The molecule has 9 heterocycles. The van der Waals surface area contributed by atoms with Crippen molar-refractivity contribution in [2.45, 2.75) is 105 Å². The summed E-state index contributed by atoms with van der Waals surface area (Å²) >= 11 is 0. The lowest BCUT2D eigenvalue weighted by atomic mass is 9.88. The van der Waals surface area contributed by atoms with Gasteiger partial charge in [-0.25, -0.2) is 65.9 Å². The second-order valence-corrected chi connectivity index (χ2v) is 24.2. The van der Waals surface area contributed by atoms with Crippen molar-refractivity contribution in [3.05, 3.63) is 291 Å². The molecule has 0 spiro atoms. The quantitative estimate of drug-likeness (QED) is 0.109. The van der Waals surface area contributed by atoms with E-state index in [9.17, 15) is 13.2 Å². The van der Waals surface area contributed by atoms with Crippen LogP contribution in [0.25, 0.3) is 59.1 Å². The molecular weight excluding hydrogens is 1210 g/mol. The Morgan fingerprint density at radius 3 is 1.15 bits per heavy atom. The largest absolute Gasteiger partial charge is 0.306 e. The molecule has 15 nitrogen and oxygen atoms in total. The van der Waals surface area contributed by atoms with Gasteiger partial charge in [-0.15, -0.1) is 0 Å². The molecule has 12 aromatic rings. The molecule has 6 aromatic heterocycles. The summed E-state index contributed by atoms with van der Waals surface area (Å²) in [5, 5.41) is 13.6. The van der Waals surface area contributed by atoms with E-state index < -0.39 is 11.3 Å². The van der Waals surface area contributed by atoms with Gasteiger partial charge < -0.3 is 13.7 Å². The van der Waals surface area contributed by atoms with E-state index >= 15 is 8.78 Å². The predicted octanol–water partition coefficient (Wildman–Crippen LogP) is 16.0. The summed E-state index contributed by atoms with van der Waals surface area (Å²) in [7, 11) is 0. The van der Waals surface area contributed by atoms with E-state index in [2.05, 4.69) is 97.4 Å². The van der Waals surface area contributed by atoms with Gasteiger partial charge in [0.2, 0.25) is 0 Å². The molecule has 20 heteroatoms. The lowest BCUT2D eigenvalue weighted by molar-refractivity contribution is 0.152. The van der Waals surface area contributed by atoms with Crippen LogP contribution in [0.5, 0.6) is 0 Å². The summed E-state index contributed by atoms with van der Waals surface area (Å²) < 4.78 is 83.1. The van der Waals surface area contributed by atoms with Crippen LogP contribution in [0.2, 0.25) is 0 Å². The minimum absolute atomic E-state index is 0.241. The average molecular weight is 1270 g/mol. The number of nitrogens with zero attached hydrogens (tertiary/aromatic N) is 15. The van der Waals surface area contributed by atoms with Crippen molar-refractivity contribution in [2.24, 2.45) is 0 Å². The van der Waals surface area contributed by atoms with E-state index in [1.54, 1.807) is 46.3 Å². The number of allylic oxidation sites excluding steroid dienone is 1. The molecule has 95 heavy (non-hydrogen) atoms. The Morgan fingerprint density at radius 1 is 0.411 bits per heavy atom. The summed E-state index contributed by atoms with van der Waals surface area (Å²) in [5.74, 6) is 1.93. The molecule has 0 fully saturated rings. The fourth-order valence-corrected chi connectivity index (χ4v) is 12.4. The first-order chi connectivity index (χ1) is 45.9. The molecule has 0 amide bonds. The van der Waals surface area contributed by atoms with E-state index in [1.165, 1.54) is 60.7 Å². The summed E-state index contributed by atoms with van der Waals surface area (Å²) in [4.78, 5) is 26.6. The van der Waals surface area contributed by atoms with Crippen LogP contribution in [0.3, 0.4) is 0 Å². The lowest BCUT2D eigenvalue weighted by Gasteiger charge is -2.29. The molecule has 478 valence electrons. The van der Waals surface area contributed by atoms with Gasteiger partial charge in [-0.05, 0) is 215 Å². The van der Waals surface area contributed by atoms with Gasteiger partial charge in [-0.1, -0.05) is 78.9 Å². The number of fused-ring (bicyclic) bond motifs is 3. The predicted molar refractivity (Wildman–Crippen MR) is 359 cm³/mol. The second kappa shape index (κ2) is 26.5. The maximum Gasteiger partial charge on any atom is 0.194 e. The van der Waals surface area contributed by atoms with Crippen LogP contribution in [-0.2, 0) is 31.0 Å². The van der Waals surface area contributed by atoms with E-state index in [4.69, 9.17) is 4.98 Å². The SMILES string of the molecule is Cc1cn(-c2ccc(/C=C/c3nc4n(n3)CCC=C4c3ccc(F)cc3)cc2C)cn1.Cc1cn(-c2ccc(/C=C/c3nc4n(n3)CCC[C@@]4(F)c3ccc(F)cc3)cc2C)cn1.Cc1cn(-c2ccc(/C=C/c3nc4n(n3)CCC[C@]4(F)c3ccc(F)cc3)cc2C)cn1. The van der Waals surface area contributed by atoms with Crippen molar-refractivity contribution < 1.29 is 22.0 Å². The monoisotopic (exact) mass is 1270 g/mol. The molecule has 0 bridgehead atoms. The Morgan fingerprint density at radius 2 is 0.779 bits per heavy atom. The molecule has 15 rings (SSSR count). The van der Waals surface area contributed by atoms with Crippen LogP contribution in [0.1, 0.15) is 134 Å². The molecule has 3 aliphatic heterocycles. The molecular formula is C75H68F5N15. The Labute approximate surface area is 546 Å². The number of hydrogen-bond acceptors (Lipinski definition) is 9. The third-order valence-electron chi connectivity index (χ3n) is 17.2. The van der Waals surface area contributed by atoms with Gasteiger partial charge in [0.25, 0.3) is 0 Å². The zero-order valence-corrected chi connectivity index (χ0v) is 53.4. The number of imidazole rings is 3. The van der Waals surface area contributed by atoms with Crippen LogP contribution in [0.15, 0.2) is 171 Å². The number of benzene rings is 6. The van der Waals surface area contributed by atoms with Crippen LogP contribution in [-0.4, -0.2) is 72.9 Å². The molecule has 0 saturated carbocycles. The van der Waals surface area contributed by atoms with Crippen molar-refractivity contribution in [3.63, 3.8) is 0 Å². The number of aromatic nitrogens is 15. The Kier molecular flexibility index (Phi) is 17.5. The van der Waals surface area contributed by atoms with Gasteiger partial charge in [0.1, 0.15) is 17.5 Å². The minimum atomic E-state index is -1.77.